The molecule has 4 aromatic carbocycles. The fourth-order valence-electron chi connectivity index (χ4n) is 6.96. The van der Waals surface area contributed by atoms with Crippen LogP contribution in [0.5, 0.6) is 0 Å². The zero-order valence-electron chi connectivity index (χ0n) is 24.7. The minimum atomic E-state index is -0.440. The number of benzene rings is 4. The molecule has 3 fully saturated rings. The third-order valence-electron chi connectivity index (χ3n) is 9.29. The number of anilines is 2. The van der Waals surface area contributed by atoms with Gasteiger partial charge in [-0.15, -0.1) is 0 Å². The molecule has 3 N–H and O–H groups in total. The lowest BCUT2D eigenvalue weighted by Gasteiger charge is -2.37. The van der Waals surface area contributed by atoms with E-state index in [1.165, 1.54) is 0 Å². The Morgan fingerprint density at radius 3 is 2.39 bits per heavy atom. The Balaban J connectivity index is 0.978. The van der Waals surface area contributed by atoms with Gasteiger partial charge in [-0.3, -0.25) is 15.0 Å². The van der Waals surface area contributed by atoms with Crippen molar-refractivity contribution in [2.45, 2.75) is 69.1 Å². The number of fused-ring (bicyclic) bond motifs is 6. The van der Waals surface area contributed by atoms with Gasteiger partial charge in [0.15, 0.2) is 0 Å². The number of rotatable bonds is 9. The molecule has 0 radical (unpaired) electrons. The molecule has 226 valence electrons. The highest BCUT2D eigenvalue weighted by molar-refractivity contribution is 5.95. The lowest BCUT2D eigenvalue weighted by Crippen LogP contribution is -2.48. The molecular formula is C36H37N3O5. The van der Waals surface area contributed by atoms with Crippen LogP contribution in [0.15, 0.2) is 84.9 Å². The van der Waals surface area contributed by atoms with Crippen molar-refractivity contribution in [3.63, 3.8) is 0 Å². The first kappa shape index (κ1) is 28.5. The summed E-state index contributed by atoms with van der Waals surface area (Å²) in [5, 5.41) is 17.4. The predicted molar refractivity (Wildman–Crippen MR) is 170 cm³/mol. The summed E-state index contributed by atoms with van der Waals surface area (Å²) in [4.78, 5) is 28.3. The van der Waals surface area contributed by atoms with E-state index in [9.17, 15) is 14.7 Å². The minimum absolute atomic E-state index is 0.00116. The molecule has 3 saturated heterocycles. The van der Waals surface area contributed by atoms with Gasteiger partial charge in [0.1, 0.15) is 18.3 Å². The normalized spacial score (nSPS) is 23.6. The summed E-state index contributed by atoms with van der Waals surface area (Å²) in [6.45, 7) is 0.00116. The number of carbonyl (C=O) groups is 2. The molecule has 7 rings (SSSR count). The summed E-state index contributed by atoms with van der Waals surface area (Å²) in [5.41, 5.74) is 5.27. The first-order valence-electron chi connectivity index (χ1n) is 15.4. The van der Waals surface area contributed by atoms with Gasteiger partial charge >= 0.3 is 6.09 Å². The zero-order chi connectivity index (χ0) is 30.2. The van der Waals surface area contributed by atoms with Gasteiger partial charge in [0.2, 0.25) is 5.91 Å². The summed E-state index contributed by atoms with van der Waals surface area (Å²) < 4.78 is 11.7. The molecule has 3 aliphatic heterocycles. The number of morpholine rings is 1. The first-order chi connectivity index (χ1) is 21.4. The number of likely N-dealkylation sites (N-methyl/N-ethyl adjacent to an activating group) is 1. The SMILES string of the molecule is CN1C2CC(OC(=O)Nc3cc(CCCC(=O)Nc4ccc5cc(CO)ccc5c4)ccc3-c3ccccc3)CC1C1OC12. The number of aliphatic hydroxyl groups excluding tert-OH is 1. The van der Waals surface area contributed by atoms with E-state index < -0.39 is 6.09 Å². The van der Waals surface area contributed by atoms with Crippen molar-refractivity contribution in [2.75, 3.05) is 17.7 Å². The predicted octanol–water partition coefficient (Wildman–Crippen LogP) is 6.12. The van der Waals surface area contributed by atoms with E-state index in [0.717, 1.165) is 51.6 Å². The topological polar surface area (TPSA) is 103 Å². The van der Waals surface area contributed by atoms with Gasteiger partial charge in [-0.2, -0.15) is 0 Å². The van der Waals surface area contributed by atoms with Crippen LogP contribution in [0.2, 0.25) is 0 Å². The standard InChI is InChI=1S/C36H37N3O5/c1-39-31-19-28(20-32(39)35-34(31)44-35)43-36(42)38-30-17-22(11-15-29(30)24-7-3-2-4-8-24)6-5-9-33(41)37-27-14-13-25-16-23(21-40)10-12-26(25)18-27/h2-4,7-8,10-18,28,31-32,34-35,40H,5-6,9,19-21H2,1H3,(H,37,41)(H,38,42). The van der Waals surface area contributed by atoms with Gasteiger partial charge in [-0.25, -0.2) is 4.79 Å². The van der Waals surface area contributed by atoms with E-state index in [4.69, 9.17) is 9.47 Å². The average Bonchev–Trinajstić information content (AvgIpc) is 3.80. The van der Waals surface area contributed by atoms with Crippen LogP contribution in [0.25, 0.3) is 21.9 Å². The van der Waals surface area contributed by atoms with E-state index >= 15 is 0 Å². The highest BCUT2D eigenvalue weighted by atomic mass is 16.6. The van der Waals surface area contributed by atoms with Crippen LogP contribution in [0.1, 0.15) is 36.8 Å². The number of aryl methyl sites for hydroxylation is 1. The quantitative estimate of drug-likeness (QED) is 0.203. The van der Waals surface area contributed by atoms with E-state index in [1.54, 1.807) is 0 Å². The monoisotopic (exact) mass is 591 g/mol. The molecule has 3 aliphatic rings. The highest BCUT2D eigenvalue weighted by Gasteiger charge is 2.62. The van der Waals surface area contributed by atoms with Gasteiger partial charge in [-0.1, -0.05) is 60.7 Å². The number of nitrogens with zero attached hydrogens (tertiary/aromatic N) is 1. The Kier molecular flexibility index (Phi) is 7.80. The zero-order valence-corrected chi connectivity index (χ0v) is 24.7. The molecule has 3 heterocycles. The Bertz CT molecular complexity index is 1670. The Hall–Kier alpha value is -4.24. The summed E-state index contributed by atoms with van der Waals surface area (Å²) >= 11 is 0. The fourth-order valence-corrected chi connectivity index (χ4v) is 6.96. The molecule has 0 spiro atoms. The molecule has 2 bridgehead atoms. The number of carbonyl (C=O) groups excluding carboxylic acids is 2. The second-order valence-electron chi connectivity index (χ2n) is 12.2. The number of amides is 2. The van der Waals surface area contributed by atoms with Crippen LogP contribution < -0.4 is 10.6 Å². The van der Waals surface area contributed by atoms with Crippen LogP contribution in [0, 0.1) is 0 Å². The smallest absolute Gasteiger partial charge is 0.411 e. The summed E-state index contributed by atoms with van der Waals surface area (Å²) in [7, 11) is 2.14. The molecular weight excluding hydrogens is 554 g/mol. The molecule has 4 aromatic rings. The van der Waals surface area contributed by atoms with Crippen molar-refractivity contribution in [3.05, 3.63) is 96.1 Å². The molecule has 4 atom stereocenters. The molecule has 8 nitrogen and oxygen atoms in total. The van der Waals surface area contributed by atoms with Crippen LogP contribution in [0.3, 0.4) is 0 Å². The Morgan fingerprint density at radius 2 is 1.61 bits per heavy atom. The molecule has 0 aliphatic carbocycles. The van der Waals surface area contributed by atoms with Crippen molar-refractivity contribution in [2.24, 2.45) is 0 Å². The largest absolute Gasteiger partial charge is 0.446 e. The van der Waals surface area contributed by atoms with Crippen molar-refractivity contribution in [3.8, 4) is 11.1 Å². The maximum Gasteiger partial charge on any atom is 0.411 e. The minimum Gasteiger partial charge on any atom is -0.446 e. The van der Waals surface area contributed by atoms with Crippen molar-refractivity contribution in [1.82, 2.24) is 4.90 Å². The second kappa shape index (κ2) is 12.0. The summed E-state index contributed by atoms with van der Waals surface area (Å²) in [6.07, 6.45) is 3.32. The van der Waals surface area contributed by atoms with Crippen molar-refractivity contribution < 1.29 is 24.2 Å². The van der Waals surface area contributed by atoms with E-state index in [0.29, 0.717) is 49.2 Å². The third kappa shape index (κ3) is 5.93. The molecule has 4 unspecified atom stereocenters. The lowest BCUT2D eigenvalue weighted by molar-refractivity contribution is -0.116. The van der Waals surface area contributed by atoms with E-state index in [2.05, 4.69) is 28.6 Å². The lowest BCUT2D eigenvalue weighted by atomic mass is 9.99. The number of epoxide rings is 1. The van der Waals surface area contributed by atoms with Crippen LogP contribution in [0.4, 0.5) is 16.2 Å². The molecule has 2 amide bonds. The highest BCUT2D eigenvalue weighted by Crippen LogP contribution is 2.48. The molecule has 8 heteroatoms. The Labute approximate surface area is 257 Å². The molecule has 0 aromatic heterocycles. The molecule has 0 saturated carbocycles. The molecule has 44 heavy (non-hydrogen) atoms. The maximum atomic E-state index is 13.1. The number of nitrogens with one attached hydrogen (secondary N) is 2. The fraction of sp³-hybridized carbons (Fsp3) is 0.333. The van der Waals surface area contributed by atoms with Crippen molar-refractivity contribution >= 4 is 34.1 Å². The number of ether oxygens (including phenoxy) is 2. The third-order valence-corrected chi connectivity index (χ3v) is 9.29. The first-order valence-corrected chi connectivity index (χ1v) is 15.4. The van der Waals surface area contributed by atoms with Crippen LogP contribution >= 0.6 is 0 Å². The van der Waals surface area contributed by atoms with Crippen molar-refractivity contribution in [1.29, 1.82) is 0 Å². The van der Waals surface area contributed by atoms with E-state index in [-0.39, 0.29) is 18.6 Å². The van der Waals surface area contributed by atoms with Crippen LogP contribution in [-0.2, 0) is 27.3 Å². The Morgan fingerprint density at radius 1 is 0.886 bits per heavy atom. The van der Waals surface area contributed by atoms with Crippen LogP contribution in [-0.4, -0.2) is 59.5 Å². The number of aliphatic hydroxyl groups is 1. The summed E-state index contributed by atoms with van der Waals surface area (Å²) in [6, 6.07) is 28.2. The number of hydrogen-bond donors (Lipinski definition) is 3. The number of hydrogen-bond acceptors (Lipinski definition) is 6. The van der Waals surface area contributed by atoms with Gasteiger partial charge in [-0.05, 0) is 71.6 Å². The summed E-state index contributed by atoms with van der Waals surface area (Å²) in [5.74, 6) is -0.0470. The van der Waals surface area contributed by atoms with Gasteiger partial charge in [0.25, 0.3) is 0 Å². The maximum absolute atomic E-state index is 13.1. The number of piperidine rings is 1. The van der Waals surface area contributed by atoms with Gasteiger partial charge in [0, 0.05) is 42.6 Å². The second-order valence-corrected chi connectivity index (χ2v) is 12.2. The van der Waals surface area contributed by atoms with E-state index in [1.807, 2.05) is 78.9 Å². The van der Waals surface area contributed by atoms with Gasteiger partial charge in [0.05, 0.1) is 12.3 Å². The average molecular weight is 592 g/mol. The van der Waals surface area contributed by atoms with Gasteiger partial charge < -0.3 is 19.9 Å².